The molecule has 0 unspecified atom stereocenters. The van der Waals surface area contributed by atoms with Crippen molar-refractivity contribution in [2.24, 2.45) is 0 Å². The molecule has 0 saturated carbocycles. The number of nitrogens with two attached hydrogens (primary N) is 1. The van der Waals surface area contributed by atoms with E-state index >= 15 is 0 Å². The third-order valence-electron chi connectivity index (χ3n) is 4.13. The summed E-state index contributed by atoms with van der Waals surface area (Å²) in [7, 11) is 0. The number of nitrogens with one attached hydrogen (secondary N) is 1. The molecule has 2 heterocycles. The zero-order valence-electron chi connectivity index (χ0n) is 15.0. The summed E-state index contributed by atoms with van der Waals surface area (Å²) < 4.78 is 13.1. The van der Waals surface area contributed by atoms with E-state index in [-0.39, 0.29) is 11.4 Å². The molecule has 1 aromatic heterocycles. The van der Waals surface area contributed by atoms with Crippen LogP contribution in [-0.2, 0) is 0 Å². The lowest BCUT2D eigenvalue weighted by molar-refractivity contribution is 0.623. The molecule has 2 aromatic rings. The van der Waals surface area contributed by atoms with E-state index < -0.39 is 0 Å². The average Bonchev–Trinajstić information content (AvgIpc) is 2.57. The Labute approximate surface area is 147 Å². The fourth-order valence-electron chi connectivity index (χ4n) is 2.92. The van der Waals surface area contributed by atoms with Crippen LogP contribution < -0.4 is 20.9 Å². The summed E-state index contributed by atoms with van der Waals surface area (Å²) in [5.74, 6) is 1.22. The zero-order chi connectivity index (χ0) is 18.0. The van der Waals surface area contributed by atoms with Gasteiger partial charge in [0, 0.05) is 37.4 Å². The number of aromatic nitrogens is 2. The minimum absolute atomic E-state index is 0.124. The van der Waals surface area contributed by atoms with E-state index in [1.165, 1.54) is 12.1 Å². The molecule has 1 fully saturated rings. The summed E-state index contributed by atoms with van der Waals surface area (Å²) in [5, 5.41) is 3.32. The van der Waals surface area contributed by atoms with Crippen LogP contribution in [0.3, 0.4) is 0 Å². The lowest BCUT2D eigenvalue weighted by Gasteiger charge is -2.37. The average molecular weight is 344 g/mol. The Hall–Kier alpha value is -2.57. The molecular formula is C18H25FN6. The van der Waals surface area contributed by atoms with Gasteiger partial charge in [0.15, 0.2) is 11.6 Å². The SMILES string of the molecule is CC(C)(C)Nc1ncnc(N2CCN(c3ccc(F)cc3)CC2)c1N. The van der Waals surface area contributed by atoms with Gasteiger partial charge in [-0.25, -0.2) is 14.4 Å². The topological polar surface area (TPSA) is 70.3 Å². The van der Waals surface area contributed by atoms with Crippen molar-refractivity contribution in [2.75, 3.05) is 47.0 Å². The maximum atomic E-state index is 13.1. The van der Waals surface area contributed by atoms with Crippen molar-refractivity contribution >= 4 is 23.0 Å². The standard InChI is InChI=1S/C18H25FN6/c1-18(2,3)23-16-15(20)17(22-12-21-16)25-10-8-24(9-11-25)14-6-4-13(19)5-7-14/h4-7,12H,8-11,20H2,1-3H3,(H,21,22,23). The minimum atomic E-state index is -0.213. The second-order valence-corrected chi connectivity index (χ2v) is 7.29. The van der Waals surface area contributed by atoms with Gasteiger partial charge in [-0.05, 0) is 45.0 Å². The fourth-order valence-corrected chi connectivity index (χ4v) is 2.92. The van der Waals surface area contributed by atoms with E-state index in [1.807, 2.05) is 12.1 Å². The van der Waals surface area contributed by atoms with Crippen molar-refractivity contribution in [3.8, 4) is 0 Å². The third kappa shape index (κ3) is 4.10. The van der Waals surface area contributed by atoms with Crippen molar-refractivity contribution in [2.45, 2.75) is 26.3 Å². The molecule has 134 valence electrons. The van der Waals surface area contributed by atoms with Gasteiger partial charge < -0.3 is 20.9 Å². The number of halogens is 1. The van der Waals surface area contributed by atoms with E-state index in [4.69, 9.17) is 5.73 Å². The first-order valence-corrected chi connectivity index (χ1v) is 8.47. The summed E-state index contributed by atoms with van der Waals surface area (Å²) in [6.45, 7) is 9.45. The van der Waals surface area contributed by atoms with E-state index in [0.717, 1.165) is 37.7 Å². The third-order valence-corrected chi connectivity index (χ3v) is 4.13. The number of hydrogen-bond acceptors (Lipinski definition) is 6. The predicted molar refractivity (Wildman–Crippen MR) is 101 cm³/mol. The number of nitrogens with zero attached hydrogens (tertiary/aromatic N) is 4. The highest BCUT2D eigenvalue weighted by atomic mass is 19.1. The summed E-state index contributed by atoms with van der Waals surface area (Å²) >= 11 is 0. The molecule has 0 aliphatic carbocycles. The molecule has 0 spiro atoms. The Morgan fingerprint density at radius 1 is 1.00 bits per heavy atom. The summed E-state index contributed by atoms with van der Waals surface area (Å²) in [6, 6.07) is 6.62. The van der Waals surface area contributed by atoms with Gasteiger partial charge >= 0.3 is 0 Å². The van der Waals surface area contributed by atoms with Crippen LogP contribution in [0.1, 0.15) is 20.8 Å². The van der Waals surface area contributed by atoms with E-state index in [1.54, 1.807) is 6.33 Å². The molecule has 6 nitrogen and oxygen atoms in total. The van der Waals surface area contributed by atoms with Crippen molar-refractivity contribution in [1.82, 2.24) is 9.97 Å². The maximum absolute atomic E-state index is 13.1. The fraction of sp³-hybridized carbons (Fsp3) is 0.444. The zero-order valence-corrected chi connectivity index (χ0v) is 15.0. The number of hydrogen-bond donors (Lipinski definition) is 2. The molecule has 0 amide bonds. The van der Waals surface area contributed by atoms with Gasteiger partial charge in [-0.1, -0.05) is 0 Å². The number of rotatable bonds is 3. The summed E-state index contributed by atoms with van der Waals surface area (Å²) in [6.07, 6.45) is 1.55. The van der Waals surface area contributed by atoms with Crippen molar-refractivity contribution in [3.05, 3.63) is 36.4 Å². The number of anilines is 4. The summed E-state index contributed by atoms with van der Waals surface area (Å²) in [5.41, 5.74) is 7.79. The van der Waals surface area contributed by atoms with Crippen LogP contribution in [0.4, 0.5) is 27.4 Å². The summed E-state index contributed by atoms with van der Waals surface area (Å²) in [4.78, 5) is 13.1. The molecule has 1 aliphatic heterocycles. The van der Waals surface area contributed by atoms with Crippen molar-refractivity contribution in [3.63, 3.8) is 0 Å². The number of nitrogen functional groups attached to an aromatic ring is 1. The van der Waals surface area contributed by atoms with Gasteiger partial charge in [0.1, 0.15) is 17.8 Å². The van der Waals surface area contributed by atoms with Crippen LogP contribution in [0.15, 0.2) is 30.6 Å². The molecule has 0 radical (unpaired) electrons. The molecule has 3 rings (SSSR count). The predicted octanol–water partition coefficient (Wildman–Crippen LogP) is 2.73. The van der Waals surface area contributed by atoms with Crippen LogP contribution in [-0.4, -0.2) is 41.7 Å². The second kappa shape index (κ2) is 6.74. The largest absolute Gasteiger partial charge is 0.393 e. The Bertz CT molecular complexity index is 717. The van der Waals surface area contributed by atoms with Crippen LogP contribution in [0.25, 0.3) is 0 Å². The van der Waals surface area contributed by atoms with E-state index in [0.29, 0.717) is 11.5 Å². The van der Waals surface area contributed by atoms with Crippen molar-refractivity contribution in [1.29, 1.82) is 0 Å². The highest BCUT2D eigenvalue weighted by molar-refractivity contribution is 5.75. The maximum Gasteiger partial charge on any atom is 0.157 e. The lowest BCUT2D eigenvalue weighted by atomic mass is 10.1. The van der Waals surface area contributed by atoms with Gasteiger partial charge in [0.25, 0.3) is 0 Å². The Kier molecular flexibility index (Phi) is 4.65. The second-order valence-electron chi connectivity index (χ2n) is 7.29. The van der Waals surface area contributed by atoms with E-state index in [9.17, 15) is 4.39 Å². The van der Waals surface area contributed by atoms with Crippen LogP contribution in [0.5, 0.6) is 0 Å². The molecule has 1 aromatic carbocycles. The first-order valence-electron chi connectivity index (χ1n) is 8.47. The van der Waals surface area contributed by atoms with Gasteiger partial charge in [0.2, 0.25) is 0 Å². The monoisotopic (exact) mass is 344 g/mol. The smallest absolute Gasteiger partial charge is 0.157 e. The van der Waals surface area contributed by atoms with Gasteiger partial charge in [0.05, 0.1) is 0 Å². The Balaban J connectivity index is 1.70. The first kappa shape index (κ1) is 17.3. The molecule has 3 N–H and O–H groups in total. The van der Waals surface area contributed by atoms with Gasteiger partial charge in [-0.15, -0.1) is 0 Å². The molecule has 7 heteroatoms. The highest BCUT2D eigenvalue weighted by Crippen LogP contribution is 2.29. The van der Waals surface area contributed by atoms with E-state index in [2.05, 4.69) is 45.9 Å². The molecule has 1 aliphatic rings. The number of piperazine rings is 1. The molecular weight excluding hydrogens is 319 g/mol. The first-order chi connectivity index (χ1) is 11.8. The van der Waals surface area contributed by atoms with Crippen LogP contribution in [0, 0.1) is 5.82 Å². The minimum Gasteiger partial charge on any atom is -0.393 e. The highest BCUT2D eigenvalue weighted by Gasteiger charge is 2.22. The van der Waals surface area contributed by atoms with Crippen molar-refractivity contribution < 1.29 is 4.39 Å². The van der Waals surface area contributed by atoms with Gasteiger partial charge in [-0.2, -0.15) is 0 Å². The normalized spacial score (nSPS) is 15.4. The van der Waals surface area contributed by atoms with Crippen LogP contribution >= 0.6 is 0 Å². The van der Waals surface area contributed by atoms with Crippen LogP contribution in [0.2, 0.25) is 0 Å². The lowest BCUT2D eigenvalue weighted by Crippen LogP contribution is -2.47. The van der Waals surface area contributed by atoms with Gasteiger partial charge in [-0.3, -0.25) is 0 Å². The molecule has 1 saturated heterocycles. The quantitative estimate of drug-likeness (QED) is 0.892. The molecule has 0 bridgehead atoms. The Morgan fingerprint density at radius 3 is 2.20 bits per heavy atom. The Morgan fingerprint density at radius 2 is 1.60 bits per heavy atom. The number of benzene rings is 1. The molecule has 0 atom stereocenters. The molecule has 25 heavy (non-hydrogen) atoms.